The van der Waals surface area contributed by atoms with E-state index in [1.807, 2.05) is 24.3 Å². The van der Waals surface area contributed by atoms with Crippen LogP contribution in [0.3, 0.4) is 0 Å². The summed E-state index contributed by atoms with van der Waals surface area (Å²) in [7, 11) is 1.77. The van der Waals surface area contributed by atoms with Crippen LogP contribution in [0.25, 0.3) is 0 Å². The van der Waals surface area contributed by atoms with Crippen molar-refractivity contribution in [2.24, 2.45) is 4.99 Å². The monoisotopic (exact) mass is 457 g/mol. The third kappa shape index (κ3) is 9.07. The molecule has 0 fully saturated rings. The van der Waals surface area contributed by atoms with Gasteiger partial charge in [0.25, 0.3) is 0 Å². The maximum atomic E-state index is 8.94. The maximum Gasteiger partial charge on any atom is 0.191 e. The highest BCUT2D eigenvalue weighted by Gasteiger charge is 2.12. The van der Waals surface area contributed by atoms with Crippen molar-refractivity contribution in [2.45, 2.75) is 52.7 Å². The molecular formula is C19H32IN5. The predicted molar refractivity (Wildman–Crippen MR) is 116 cm³/mol. The summed E-state index contributed by atoms with van der Waals surface area (Å²) in [4.78, 5) is 6.74. The highest BCUT2D eigenvalue weighted by Crippen LogP contribution is 2.05. The van der Waals surface area contributed by atoms with Crippen LogP contribution < -0.4 is 10.6 Å². The fourth-order valence-electron chi connectivity index (χ4n) is 2.74. The molecule has 2 N–H and O–H groups in total. The van der Waals surface area contributed by atoms with Gasteiger partial charge >= 0.3 is 0 Å². The van der Waals surface area contributed by atoms with Gasteiger partial charge in [-0.2, -0.15) is 5.26 Å². The number of aliphatic imine (C=N–C) groups is 1. The molecule has 0 unspecified atom stereocenters. The van der Waals surface area contributed by atoms with Crippen LogP contribution in [0.1, 0.15) is 45.2 Å². The first-order valence-corrected chi connectivity index (χ1v) is 8.67. The van der Waals surface area contributed by atoms with Gasteiger partial charge < -0.3 is 10.6 Å². The first-order chi connectivity index (χ1) is 11.5. The predicted octanol–water partition coefficient (Wildman–Crippen LogP) is 3.35. The van der Waals surface area contributed by atoms with Gasteiger partial charge in [-0.15, -0.1) is 24.0 Å². The Bertz CT molecular complexity index is 555. The van der Waals surface area contributed by atoms with Crippen LogP contribution in [-0.2, 0) is 6.54 Å². The molecule has 0 bridgehead atoms. The van der Waals surface area contributed by atoms with Gasteiger partial charge in [-0.25, -0.2) is 0 Å². The van der Waals surface area contributed by atoms with Crippen LogP contribution in [0.4, 0.5) is 0 Å². The summed E-state index contributed by atoms with van der Waals surface area (Å²) >= 11 is 0. The highest BCUT2D eigenvalue weighted by molar-refractivity contribution is 14.0. The van der Waals surface area contributed by atoms with Gasteiger partial charge in [0.1, 0.15) is 0 Å². The lowest BCUT2D eigenvalue weighted by atomic mass is 10.1. The molecule has 1 aromatic rings. The van der Waals surface area contributed by atoms with Crippen molar-refractivity contribution in [3.8, 4) is 6.07 Å². The topological polar surface area (TPSA) is 63.5 Å². The fraction of sp³-hybridized carbons (Fsp3) is 0.579. The van der Waals surface area contributed by atoms with E-state index in [4.69, 9.17) is 5.26 Å². The summed E-state index contributed by atoms with van der Waals surface area (Å²) in [6.45, 7) is 11.6. The Morgan fingerprint density at radius 2 is 1.88 bits per heavy atom. The Balaban J connectivity index is 0.00000576. The molecule has 5 nitrogen and oxygen atoms in total. The number of benzene rings is 1. The summed E-state index contributed by atoms with van der Waals surface area (Å²) < 4.78 is 0. The van der Waals surface area contributed by atoms with Gasteiger partial charge in [-0.3, -0.25) is 9.89 Å². The molecule has 0 saturated carbocycles. The molecule has 140 valence electrons. The number of rotatable bonds is 8. The van der Waals surface area contributed by atoms with Gasteiger partial charge in [-0.05, 0) is 51.8 Å². The van der Waals surface area contributed by atoms with Crippen molar-refractivity contribution < 1.29 is 0 Å². The number of nitriles is 1. The number of hydrogen-bond donors (Lipinski definition) is 2. The van der Waals surface area contributed by atoms with E-state index in [0.717, 1.165) is 31.0 Å². The molecule has 25 heavy (non-hydrogen) atoms. The number of hydrogen-bond acceptors (Lipinski definition) is 3. The Kier molecular flexibility index (Phi) is 12.3. The minimum absolute atomic E-state index is 0. The molecule has 0 aromatic heterocycles. The minimum atomic E-state index is 0. The molecule has 1 aromatic carbocycles. The van der Waals surface area contributed by atoms with E-state index in [0.29, 0.717) is 24.2 Å². The lowest BCUT2D eigenvalue weighted by molar-refractivity contribution is 0.173. The highest BCUT2D eigenvalue weighted by atomic mass is 127. The summed E-state index contributed by atoms with van der Waals surface area (Å²) in [5.41, 5.74) is 1.75. The van der Waals surface area contributed by atoms with Crippen LogP contribution in [0.5, 0.6) is 0 Å². The zero-order valence-corrected chi connectivity index (χ0v) is 18.4. The molecule has 0 heterocycles. The van der Waals surface area contributed by atoms with Gasteiger partial charge in [0.2, 0.25) is 0 Å². The molecule has 0 amide bonds. The maximum absolute atomic E-state index is 8.94. The first-order valence-electron chi connectivity index (χ1n) is 8.67. The van der Waals surface area contributed by atoms with E-state index in [-0.39, 0.29) is 24.0 Å². The molecule has 6 heteroatoms. The standard InChI is InChI=1S/C19H31N5.HI/c1-15(2)24(16(3)4)11-7-10-22-19(21-5)23-14-18-9-6-8-17(12-18)13-20;/h6,8-9,12,15-16H,7,10-11,14H2,1-5H3,(H2,21,22,23);1H. The van der Waals surface area contributed by atoms with Gasteiger partial charge in [0.05, 0.1) is 11.6 Å². The number of halogens is 1. The lowest BCUT2D eigenvalue weighted by Crippen LogP contribution is -2.41. The SMILES string of the molecule is CN=C(NCCCN(C(C)C)C(C)C)NCc1cccc(C#N)c1.I. The summed E-state index contributed by atoms with van der Waals surface area (Å²) in [6.07, 6.45) is 1.07. The smallest absolute Gasteiger partial charge is 0.191 e. The number of guanidine groups is 1. The van der Waals surface area contributed by atoms with Crippen LogP contribution >= 0.6 is 24.0 Å². The van der Waals surface area contributed by atoms with Crippen LogP contribution in [0.15, 0.2) is 29.3 Å². The molecule has 0 saturated heterocycles. The average molecular weight is 457 g/mol. The molecule has 0 radical (unpaired) electrons. The Labute approximate surface area is 169 Å². The zero-order valence-electron chi connectivity index (χ0n) is 16.0. The van der Waals surface area contributed by atoms with Crippen molar-refractivity contribution in [1.29, 1.82) is 5.26 Å². The fourth-order valence-corrected chi connectivity index (χ4v) is 2.74. The van der Waals surface area contributed by atoms with E-state index < -0.39 is 0 Å². The van der Waals surface area contributed by atoms with Crippen molar-refractivity contribution in [1.82, 2.24) is 15.5 Å². The third-order valence-corrected chi connectivity index (χ3v) is 3.95. The normalized spacial score (nSPS) is 11.4. The Hall–Kier alpha value is -1.33. The number of nitrogens with zero attached hydrogens (tertiary/aromatic N) is 3. The lowest BCUT2D eigenvalue weighted by Gasteiger charge is -2.30. The molecule has 0 aliphatic carbocycles. The number of nitrogens with one attached hydrogen (secondary N) is 2. The van der Waals surface area contributed by atoms with Gasteiger partial charge in [-0.1, -0.05) is 12.1 Å². The van der Waals surface area contributed by atoms with Crippen molar-refractivity contribution in [2.75, 3.05) is 20.1 Å². The molecule has 0 aliphatic rings. The van der Waals surface area contributed by atoms with E-state index in [2.05, 4.69) is 54.3 Å². The Morgan fingerprint density at radius 3 is 2.44 bits per heavy atom. The molecular weight excluding hydrogens is 425 g/mol. The minimum Gasteiger partial charge on any atom is -0.356 e. The summed E-state index contributed by atoms with van der Waals surface area (Å²) in [5.74, 6) is 0.790. The van der Waals surface area contributed by atoms with E-state index >= 15 is 0 Å². The molecule has 0 spiro atoms. The second kappa shape index (κ2) is 13.0. The van der Waals surface area contributed by atoms with Crippen molar-refractivity contribution >= 4 is 29.9 Å². The molecule has 0 aliphatic heterocycles. The largest absolute Gasteiger partial charge is 0.356 e. The third-order valence-electron chi connectivity index (χ3n) is 3.95. The zero-order chi connectivity index (χ0) is 17.9. The van der Waals surface area contributed by atoms with E-state index in [9.17, 15) is 0 Å². The van der Waals surface area contributed by atoms with E-state index in [1.54, 1.807) is 7.05 Å². The van der Waals surface area contributed by atoms with Crippen LogP contribution in [-0.4, -0.2) is 43.1 Å². The quantitative estimate of drug-likeness (QED) is 0.272. The molecule has 0 atom stereocenters. The first kappa shape index (κ1) is 23.7. The van der Waals surface area contributed by atoms with Crippen molar-refractivity contribution in [3.63, 3.8) is 0 Å². The van der Waals surface area contributed by atoms with E-state index in [1.165, 1.54) is 0 Å². The summed E-state index contributed by atoms with van der Waals surface area (Å²) in [5, 5.41) is 15.6. The van der Waals surface area contributed by atoms with Crippen molar-refractivity contribution in [3.05, 3.63) is 35.4 Å². The van der Waals surface area contributed by atoms with Crippen LogP contribution in [0.2, 0.25) is 0 Å². The van der Waals surface area contributed by atoms with Gasteiger partial charge in [0.15, 0.2) is 5.96 Å². The molecule has 1 rings (SSSR count). The Morgan fingerprint density at radius 1 is 1.20 bits per heavy atom. The second-order valence-electron chi connectivity index (χ2n) is 6.44. The second-order valence-corrected chi connectivity index (χ2v) is 6.44. The van der Waals surface area contributed by atoms with Gasteiger partial charge in [0, 0.05) is 38.8 Å². The summed E-state index contributed by atoms with van der Waals surface area (Å²) in [6, 6.07) is 10.9. The average Bonchev–Trinajstić information content (AvgIpc) is 2.56. The van der Waals surface area contributed by atoms with Crippen LogP contribution in [0, 0.1) is 11.3 Å².